The minimum Gasteiger partial charge on any atom is -0.327 e. The van der Waals surface area contributed by atoms with Crippen molar-refractivity contribution in [3.05, 3.63) is 12.2 Å². The average Bonchev–Trinajstić information content (AvgIpc) is 2.66. The molecule has 2 N–H and O–H groups in total. The first-order valence-electron chi connectivity index (χ1n) is 6.20. The second-order valence-electron chi connectivity index (χ2n) is 4.85. The van der Waals surface area contributed by atoms with Crippen molar-refractivity contribution < 1.29 is 0 Å². The van der Waals surface area contributed by atoms with Crippen molar-refractivity contribution in [2.45, 2.75) is 59.0 Å². The van der Waals surface area contributed by atoms with Crippen LogP contribution in [-0.2, 0) is 6.42 Å². The van der Waals surface area contributed by atoms with Crippen molar-refractivity contribution in [1.29, 1.82) is 0 Å². The van der Waals surface area contributed by atoms with E-state index in [1.54, 1.807) is 6.33 Å². The minimum atomic E-state index is 0.182. The summed E-state index contributed by atoms with van der Waals surface area (Å²) in [6, 6.07) is 0.535. The van der Waals surface area contributed by atoms with E-state index in [0.717, 1.165) is 12.2 Å². The molecule has 2 atom stereocenters. The highest BCUT2D eigenvalue weighted by molar-refractivity contribution is 4.91. The number of hydrogen-bond acceptors (Lipinski definition) is 3. The molecule has 0 aromatic carbocycles. The fourth-order valence-corrected chi connectivity index (χ4v) is 1.93. The van der Waals surface area contributed by atoms with Crippen LogP contribution < -0.4 is 5.73 Å². The Morgan fingerprint density at radius 3 is 2.62 bits per heavy atom. The maximum Gasteiger partial charge on any atom is 0.138 e. The van der Waals surface area contributed by atoms with E-state index in [2.05, 4.69) is 37.8 Å². The molecule has 0 radical (unpaired) electrons. The van der Waals surface area contributed by atoms with Crippen molar-refractivity contribution in [2.75, 3.05) is 0 Å². The monoisotopic (exact) mass is 224 g/mol. The normalized spacial score (nSPS) is 15.4. The molecule has 0 amide bonds. The van der Waals surface area contributed by atoms with E-state index in [4.69, 9.17) is 5.73 Å². The smallest absolute Gasteiger partial charge is 0.138 e. The topological polar surface area (TPSA) is 56.7 Å². The number of aromatic nitrogens is 3. The highest BCUT2D eigenvalue weighted by atomic mass is 15.3. The third kappa shape index (κ3) is 3.30. The molecule has 0 saturated carbocycles. The summed E-state index contributed by atoms with van der Waals surface area (Å²) < 4.78 is 1.96. The number of rotatable bonds is 6. The Balaban J connectivity index is 2.62. The molecular weight excluding hydrogens is 200 g/mol. The van der Waals surface area contributed by atoms with Crippen LogP contribution in [0.2, 0.25) is 0 Å². The Morgan fingerprint density at radius 1 is 1.38 bits per heavy atom. The third-order valence-electron chi connectivity index (χ3n) is 3.03. The van der Waals surface area contributed by atoms with E-state index in [1.807, 2.05) is 4.68 Å². The number of nitrogens with zero attached hydrogens (tertiary/aromatic N) is 3. The van der Waals surface area contributed by atoms with Gasteiger partial charge < -0.3 is 5.73 Å². The van der Waals surface area contributed by atoms with Crippen LogP contribution in [0.4, 0.5) is 0 Å². The lowest BCUT2D eigenvalue weighted by Gasteiger charge is -2.19. The molecule has 1 heterocycles. The van der Waals surface area contributed by atoms with Gasteiger partial charge in [0.05, 0.1) is 0 Å². The van der Waals surface area contributed by atoms with Crippen molar-refractivity contribution in [2.24, 2.45) is 11.7 Å². The zero-order valence-electron chi connectivity index (χ0n) is 10.8. The molecule has 1 rings (SSSR count). The maximum absolute atomic E-state index is 6.18. The van der Waals surface area contributed by atoms with Gasteiger partial charge in [-0.05, 0) is 26.2 Å². The summed E-state index contributed by atoms with van der Waals surface area (Å²) in [4.78, 5) is 4.29. The lowest BCUT2D eigenvalue weighted by atomic mass is 9.95. The van der Waals surface area contributed by atoms with Crippen LogP contribution >= 0.6 is 0 Å². The number of nitrogens with two attached hydrogens (primary N) is 1. The molecule has 0 saturated heterocycles. The van der Waals surface area contributed by atoms with Crippen molar-refractivity contribution >= 4 is 0 Å². The maximum atomic E-state index is 6.18. The minimum absolute atomic E-state index is 0.182. The van der Waals surface area contributed by atoms with Crippen molar-refractivity contribution in [1.82, 2.24) is 14.8 Å². The molecule has 0 bridgehead atoms. The molecule has 0 spiro atoms. The largest absolute Gasteiger partial charge is 0.327 e. The van der Waals surface area contributed by atoms with Crippen LogP contribution in [0.15, 0.2) is 6.33 Å². The summed E-state index contributed by atoms with van der Waals surface area (Å²) in [6.07, 6.45) is 4.80. The number of hydrogen-bond donors (Lipinski definition) is 1. The molecule has 1 aromatic rings. The summed E-state index contributed by atoms with van der Waals surface area (Å²) >= 11 is 0. The standard InChI is InChI=1S/C12H24N4/c1-5-6-10(4)11(13)7-12-14-8-15-16(12)9(2)3/h8-11H,5-7,13H2,1-4H3. The molecule has 16 heavy (non-hydrogen) atoms. The SMILES string of the molecule is CCCC(C)C(N)Cc1ncnn1C(C)C. The molecule has 2 unspecified atom stereocenters. The Bertz CT molecular complexity index is 306. The van der Waals surface area contributed by atoms with Crippen LogP contribution in [-0.4, -0.2) is 20.8 Å². The summed E-state index contributed by atoms with van der Waals surface area (Å²) in [7, 11) is 0. The van der Waals surface area contributed by atoms with E-state index in [0.29, 0.717) is 12.0 Å². The first-order valence-corrected chi connectivity index (χ1v) is 6.20. The molecule has 4 heteroatoms. The van der Waals surface area contributed by atoms with Crippen LogP contribution in [0.1, 0.15) is 52.4 Å². The molecule has 0 aliphatic rings. The van der Waals surface area contributed by atoms with E-state index >= 15 is 0 Å². The molecule has 92 valence electrons. The van der Waals surface area contributed by atoms with Crippen LogP contribution in [0, 0.1) is 5.92 Å². The van der Waals surface area contributed by atoms with Gasteiger partial charge in [0.25, 0.3) is 0 Å². The first kappa shape index (κ1) is 13.2. The fraction of sp³-hybridized carbons (Fsp3) is 0.833. The summed E-state index contributed by atoms with van der Waals surface area (Å²) in [5.74, 6) is 1.55. The average molecular weight is 224 g/mol. The Morgan fingerprint density at radius 2 is 2.06 bits per heavy atom. The Labute approximate surface area is 98.2 Å². The molecule has 1 aromatic heterocycles. The van der Waals surface area contributed by atoms with Crippen LogP contribution in [0.3, 0.4) is 0 Å². The van der Waals surface area contributed by atoms with E-state index < -0.39 is 0 Å². The van der Waals surface area contributed by atoms with Crippen molar-refractivity contribution in [3.63, 3.8) is 0 Å². The molecule has 0 aliphatic heterocycles. The molecule has 0 fully saturated rings. The quantitative estimate of drug-likeness (QED) is 0.805. The van der Waals surface area contributed by atoms with Gasteiger partial charge in [-0.1, -0.05) is 20.3 Å². The van der Waals surface area contributed by atoms with Gasteiger partial charge >= 0.3 is 0 Å². The summed E-state index contributed by atoms with van der Waals surface area (Å²) in [5, 5.41) is 4.22. The summed E-state index contributed by atoms with van der Waals surface area (Å²) in [6.45, 7) is 8.63. The van der Waals surface area contributed by atoms with Gasteiger partial charge in [0.2, 0.25) is 0 Å². The third-order valence-corrected chi connectivity index (χ3v) is 3.03. The Kier molecular flexibility index (Phi) is 4.93. The van der Waals surface area contributed by atoms with E-state index in [1.165, 1.54) is 12.8 Å². The van der Waals surface area contributed by atoms with Crippen LogP contribution in [0.25, 0.3) is 0 Å². The molecular formula is C12H24N4. The zero-order chi connectivity index (χ0) is 12.1. The second kappa shape index (κ2) is 5.99. The van der Waals surface area contributed by atoms with Gasteiger partial charge in [0.15, 0.2) is 0 Å². The first-order chi connectivity index (χ1) is 7.56. The van der Waals surface area contributed by atoms with E-state index in [-0.39, 0.29) is 6.04 Å². The highest BCUT2D eigenvalue weighted by Gasteiger charge is 2.16. The predicted octanol–water partition coefficient (Wildman–Crippen LogP) is 2.17. The summed E-state index contributed by atoms with van der Waals surface area (Å²) in [5.41, 5.74) is 6.18. The molecule has 0 aliphatic carbocycles. The van der Waals surface area contributed by atoms with Gasteiger partial charge in [-0.2, -0.15) is 5.10 Å². The second-order valence-corrected chi connectivity index (χ2v) is 4.85. The van der Waals surface area contributed by atoms with Gasteiger partial charge in [-0.15, -0.1) is 0 Å². The lowest BCUT2D eigenvalue weighted by Crippen LogP contribution is -2.32. The van der Waals surface area contributed by atoms with E-state index in [9.17, 15) is 0 Å². The van der Waals surface area contributed by atoms with Gasteiger partial charge in [0.1, 0.15) is 12.2 Å². The highest BCUT2D eigenvalue weighted by Crippen LogP contribution is 2.14. The molecule has 4 nitrogen and oxygen atoms in total. The van der Waals surface area contributed by atoms with Crippen LogP contribution in [0.5, 0.6) is 0 Å². The van der Waals surface area contributed by atoms with Gasteiger partial charge in [0, 0.05) is 18.5 Å². The lowest BCUT2D eigenvalue weighted by molar-refractivity contribution is 0.399. The predicted molar refractivity (Wildman–Crippen MR) is 66.2 cm³/mol. The van der Waals surface area contributed by atoms with Crippen molar-refractivity contribution in [3.8, 4) is 0 Å². The fourth-order valence-electron chi connectivity index (χ4n) is 1.93. The Hall–Kier alpha value is -0.900. The zero-order valence-corrected chi connectivity index (χ0v) is 10.8. The van der Waals surface area contributed by atoms with Gasteiger partial charge in [-0.3, -0.25) is 0 Å². The van der Waals surface area contributed by atoms with Gasteiger partial charge in [-0.25, -0.2) is 9.67 Å².